The summed E-state index contributed by atoms with van der Waals surface area (Å²) in [6.07, 6.45) is 0. The van der Waals surface area contributed by atoms with Gasteiger partial charge >= 0.3 is 5.97 Å². The van der Waals surface area contributed by atoms with E-state index in [1.807, 2.05) is 0 Å². The Balaban J connectivity index is 3.86. The second-order valence-electron chi connectivity index (χ2n) is 3.12. The van der Waals surface area contributed by atoms with Crippen LogP contribution in [0.25, 0.3) is 0 Å². The minimum Gasteiger partial charge on any atom is -0.481 e. The molecule has 2 N–H and O–H groups in total. The van der Waals surface area contributed by atoms with Gasteiger partial charge in [0.25, 0.3) is 0 Å². The summed E-state index contributed by atoms with van der Waals surface area (Å²) < 4.78 is 4.88. The molecule has 0 aromatic rings. The van der Waals surface area contributed by atoms with Crippen molar-refractivity contribution in [2.45, 2.75) is 26.8 Å². The smallest absolute Gasteiger partial charge is 0.308 e. The lowest BCUT2D eigenvalue weighted by molar-refractivity contribution is -0.142. The second kappa shape index (κ2) is 6.37. The zero-order valence-electron chi connectivity index (χ0n) is 8.74. The lowest BCUT2D eigenvalue weighted by atomic mass is 10.0. The van der Waals surface area contributed by atoms with Crippen LogP contribution >= 0.6 is 0 Å². The second-order valence-corrected chi connectivity index (χ2v) is 3.12. The first-order valence-corrected chi connectivity index (χ1v) is 4.59. The van der Waals surface area contributed by atoms with E-state index in [9.17, 15) is 9.59 Å². The Hall–Kier alpha value is -1.10. The number of ether oxygens (including phenoxy) is 1. The van der Waals surface area contributed by atoms with Gasteiger partial charge in [0, 0.05) is 12.6 Å². The SMILES string of the molecule is CCOCC(=O)NC(C)C(C)C(=O)O. The van der Waals surface area contributed by atoms with E-state index in [2.05, 4.69) is 5.32 Å². The Morgan fingerprint density at radius 1 is 1.43 bits per heavy atom. The summed E-state index contributed by atoms with van der Waals surface area (Å²) in [5, 5.41) is 11.2. The first kappa shape index (κ1) is 12.9. The molecule has 0 radical (unpaired) electrons. The normalized spacial score (nSPS) is 14.5. The number of amides is 1. The highest BCUT2D eigenvalue weighted by atomic mass is 16.5. The zero-order chi connectivity index (χ0) is 11.1. The van der Waals surface area contributed by atoms with Crippen LogP contribution in [0.4, 0.5) is 0 Å². The number of carbonyl (C=O) groups excluding carboxylic acids is 1. The maximum atomic E-state index is 11.1. The molecule has 82 valence electrons. The van der Waals surface area contributed by atoms with Crippen LogP contribution < -0.4 is 5.32 Å². The average Bonchev–Trinajstić information content (AvgIpc) is 2.13. The fourth-order valence-electron chi connectivity index (χ4n) is 0.829. The fraction of sp³-hybridized carbons (Fsp3) is 0.778. The van der Waals surface area contributed by atoms with Crippen LogP contribution in [0.15, 0.2) is 0 Å². The van der Waals surface area contributed by atoms with Crippen molar-refractivity contribution in [3.05, 3.63) is 0 Å². The Morgan fingerprint density at radius 3 is 2.43 bits per heavy atom. The maximum Gasteiger partial charge on any atom is 0.308 e. The van der Waals surface area contributed by atoms with Crippen molar-refractivity contribution in [2.75, 3.05) is 13.2 Å². The van der Waals surface area contributed by atoms with E-state index < -0.39 is 11.9 Å². The standard InChI is InChI=1S/C9H17NO4/c1-4-14-5-8(11)10-7(3)6(2)9(12)13/h6-7H,4-5H2,1-3H3,(H,10,11)(H,12,13). The van der Waals surface area contributed by atoms with Crippen LogP contribution in [-0.4, -0.2) is 36.2 Å². The predicted molar refractivity (Wildman–Crippen MR) is 50.9 cm³/mol. The zero-order valence-corrected chi connectivity index (χ0v) is 8.74. The third-order valence-electron chi connectivity index (χ3n) is 1.97. The summed E-state index contributed by atoms with van der Waals surface area (Å²) in [6, 6.07) is -0.388. The molecule has 2 unspecified atom stereocenters. The first-order chi connectivity index (χ1) is 6.49. The van der Waals surface area contributed by atoms with E-state index in [1.54, 1.807) is 20.8 Å². The van der Waals surface area contributed by atoms with Crippen molar-refractivity contribution in [3.8, 4) is 0 Å². The van der Waals surface area contributed by atoms with Gasteiger partial charge in [0.05, 0.1) is 5.92 Å². The number of carbonyl (C=O) groups is 2. The van der Waals surface area contributed by atoms with Crippen molar-refractivity contribution in [1.29, 1.82) is 0 Å². The number of hydrogen-bond acceptors (Lipinski definition) is 3. The third kappa shape index (κ3) is 4.81. The van der Waals surface area contributed by atoms with E-state index in [-0.39, 0.29) is 18.6 Å². The molecule has 0 spiro atoms. The van der Waals surface area contributed by atoms with Gasteiger partial charge in [-0.3, -0.25) is 9.59 Å². The Labute approximate surface area is 83.4 Å². The first-order valence-electron chi connectivity index (χ1n) is 4.59. The average molecular weight is 203 g/mol. The summed E-state index contributed by atoms with van der Waals surface area (Å²) in [7, 11) is 0. The molecule has 0 fully saturated rings. The van der Waals surface area contributed by atoms with Gasteiger partial charge in [0.1, 0.15) is 6.61 Å². The van der Waals surface area contributed by atoms with Crippen LogP contribution in [-0.2, 0) is 14.3 Å². The fourth-order valence-corrected chi connectivity index (χ4v) is 0.829. The Kier molecular flexibility index (Phi) is 5.87. The molecule has 0 aromatic carbocycles. The summed E-state index contributed by atoms with van der Waals surface area (Å²) in [5.41, 5.74) is 0. The largest absolute Gasteiger partial charge is 0.481 e. The monoisotopic (exact) mass is 203 g/mol. The number of nitrogens with one attached hydrogen (secondary N) is 1. The van der Waals surface area contributed by atoms with Crippen molar-refractivity contribution in [1.82, 2.24) is 5.32 Å². The molecule has 0 bridgehead atoms. The van der Waals surface area contributed by atoms with Gasteiger partial charge in [-0.2, -0.15) is 0 Å². The third-order valence-corrected chi connectivity index (χ3v) is 1.97. The molecule has 0 aliphatic heterocycles. The van der Waals surface area contributed by atoms with Gasteiger partial charge in [-0.15, -0.1) is 0 Å². The topological polar surface area (TPSA) is 75.6 Å². The quantitative estimate of drug-likeness (QED) is 0.648. The molecular weight excluding hydrogens is 186 g/mol. The number of carboxylic acid groups (broad SMARTS) is 1. The molecule has 5 heteroatoms. The van der Waals surface area contributed by atoms with Gasteiger partial charge in [-0.1, -0.05) is 0 Å². The summed E-state index contributed by atoms with van der Waals surface area (Å²) in [5.74, 6) is -1.80. The predicted octanol–water partition coefficient (Wildman–Crippen LogP) is 0.248. The van der Waals surface area contributed by atoms with Crippen LogP contribution in [0.2, 0.25) is 0 Å². The molecule has 14 heavy (non-hydrogen) atoms. The van der Waals surface area contributed by atoms with Gasteiger partial charge in [0.2, 0.25) is 5.91 Å². The number of hydrogen-bond donors (Lipinski definition) is 2. The highest BCUT2D eigenvalue weighted by Crippen LogP contribution is 2.01. The summed E-state index contributed by atoms with van der Waals surface area (Å²) >= 11 is 0. The molecule has 0 aromatic heterocycles. The van der Waals surface area contributed by atoms with E-state index in [0.717, 1.165) is 0 Å². The molecule has 0 saturated heterocycles. The molecule has 0 aliphatic carbocycles. The van der Waals surface area contributed by atoms with Gasteiger partial charge in [-0.25, -0.2) is 0 Å². The van der Waals surface area contributed by atoms with Gasteiger partial charge in [0.15, 0.2) is 0 Å². The molecule has 0 saturated carbocycles. The lowest BCUT2D eigenvalue weighted by Gasteiger charge is -2.17. The molecule has 0 aliphatic rings. The molecule has 2 atom stereocenters. The molecule has 0 heterocycles. The Morgan fingerprint density at radius 2 is 2.00 bits per heavy atom. The number of aliphatic carboxylic acids is 1. The van der Waals surface area contributed by atoms with E-state index in [0.29, 0.717) is 6.61 Å². The van der Waals surface area contributed by atoms with Crippen LogP contribution in [0, 0.1) is 5.92 Å². The van der Waals surface area contributed by atoms with Crippen molar-refractivity contribution in [3.63, 3.8) is 0 Å². The van der Waals surface area contributed by atoms with E-state index in [1.165, 1.54) is 0 Å². The molecule has 1 amide bonds. The molecule has 5 nitrogen and oxygen atoms in total. The van der Waals surface area contributed by atoms with E-state index in [4.69, 9.17) is 9.84 Å². The van der Waals surface area contributed by atoms with Crippen molar-refractivity contribution < 1.29 is 19.4 Å². The van der Waals surface area contributed by atoms with Gasteiger partial charge in [-0.05, 0) is 20.8 Å². The molecule has 0 rings (SSSR count). The van der Waals surface area contributed by atoms with Crippen molar-refractivity contribution >= 4 is 11.9 Å². The minimum absolute atomic E-state index is 0.0207. The highest BCUT2D eigenvalue weighted by molar-refractivity contribution is 5.78. The summed E-state index contributed by atoms with van der Waals surface area (Å²) in [6.45, 7) is 5.44. The number of rotatable bonds is 6. The van der Waals surface area contributed by atoms with E-state index >= 15 is 0 Å². The van der Waals surface area contributed by atoms with Crippen molar-refractivity contribution in [2.24, 2.45) is 5.92 Å². The number of carboxylic acids is 1. The maximum absolute atomic E-state index is 11.1. The van der Waals surface area contributed by atoms with Crippen LogP contribution in [0.1, 0.15) is 20.8 Å². The summed E-state index contributed by atoms with van der Waals surface area (Å²) in [4.78, 5) is 21.7. The van der Waals surface area contributed by atoms with Crippen LogP contribution in [0.3, 0.4) is 0 Å². The Bertz CT molecular complexity index is 205. The molecular formula is C9H17NO4. The lowest BCUT2D eigenvalue weighted by Crippen LogP contribution is -2.41. The van der Waals surface area contributed by atoms with Crippen LogP contribution in [0.5, 0.6) is 0 Å². The van der Waals surface area contributed by atoms with Gasteiger partial charge < -0.3 is 15.2 Å². The minimum atomic E-state index is -0.922. The highest BCUT2D eigenvalue weighted by Gasteiger charge is 2.20.